The van der Waals surface area contributed by atoms with Crippen LogP contribution in [-0.2, 0) is 4.79 Å². The van der Waals surface area contributed by atoms with Crippen molar-refractivity contribution in [1.82, 2.24) is 15.2 Å². The van der Waals surface area contributed by atoms with Gasteiger partial charge in [0, 0.05) is 42.6 Å². The molecule has 1 saturated heterocycles. The van der Waals surface area contributed by atoms with Crippen LogP contribution in [0.5, 0.6) is 0 Å². The summed E-state index contributed by atoms with van der Waals surface area (Å²) in [7, 11) is 0. The molecule has 1 atom stereocenters. The normalized spacial score (nSPS) is 17.4. The third-order valence-electron chi connectivity index (χ3n) is 3.78. The second-order valence-electron chi connectivity index (χ2n) is 5.38. The van der Waals surface area contributed by atoms with Gasteiger partial charge in [-0.15, -0.1) is 22.7 Å². The van der Waals surface area contributed by atoms with E-state index in [9.17, 15) is 4.79 Å². The number of rotatable bonds is 5. The van der Waals surface area contributed by atoms with Gasteiger partial charge in [-0.1, -0.05) is 6.07 Å². The van der Waals surface area contributed by atoms with Crippen molar-refractivity contribution in [3.05, 3.63) is 34.0 Å². The molecule has 1 aliphatic heterocycles. The van der Waals surface area contributed by atoms with Crippen molar-refractivity contribution in [3.8, 4) is 0 Å². The molecule has 1 N–H and O–H groups in total. The van der Waals surface area contributed by atoms with E-state index in [2.05, 4.69) is 26.2 Å². The Bertz CT molecular complexity index is 577. The molecule has 7 heteroatoms. The Morgan fingerprint density at radius 2 is 2.14 bits per heavy atom. The number of amides is 1. The molecule has 1 amide bonds. The van der Waals surface area contributed by atoms with Crippen molar-refractivity contribution in [2.24, 2.45) is 0 Å². The van der Waals surface area contributed by atoms with Gasteiger partial charge in [-0.25, -0.2) is 4.98 Å². The minimum atomic E-state index is 0.0871. The molecule has 0 unspecified atom stereocenters. The molecule has 0 aromatic carbocycles. The van der Waals surface area contributed by atoms with Crippen LogP contribution in [0.4, 0.5) is 5.13 Å². The van der Waals surface area contributed by atoms with Gasteiger partial charge < -0.3 is 10.2 Å². The van der Waals surface area contributed by atoms with Crippen LogP contribution in [0, 0.1) is 0 Å². The van der Waals surface area contributed by atoms with Crippen LogP contribution in [0.25, 0.3) is 0 Å². The van der Waals surface area contributed by atoms with Crippen molar-refractivity contribution in [2.75, 3.05) is 37.6 Å². The highest BCUT2D eigenvalue weighted by molar-refractivity contribution is 7.13. The molecule has 3 heterocycles. The highest BCUT2D eigenvalue weighted by atomic mass is 32.1. The van der Waals surface area contributed by atoms with Gasteiger partial charge in [0.1, 0.15) is 0 Å². The summed E-state index contributed by atoms with van der Waals surface area (Å²) in [5, 5.41) is 8.19. The lowest BCUT2D eigenvalue weighted by molar-refractivity contribution is -0.122. The maximum Gasteiger partial charge on any atom is 0.234 e. The van der Waals surface area contributed by atoms with Gasteiger partial charge in [-0.05, 0) is 18.4 Å². The summed E-state index contributed by atoms with van der Waals surface area (Å²) in [6.07, 6.45) is 1.84. The number of aromatic nitrogens is 1. The van der Waals surface area contributed by atoms with Gasteiger partial charge in [0.05, 0.1) is 12.6 Å². The molecule has 2 aromatic rings. The SMILES string of the molecule is C[C@H](NC(=O)CN1CCN(c2nccs2)CC1)c1cccs1. The summed E-state index contributed by atoms with van der Waals surface area (Å²) in [6.45, 7) is 6.18. The molecular weight excluding hydrogens is 316 g/mol. The number of nitrogens with zero attached hydrogens (tertiary/aromatic N) is 3. The van der Waals surface area contributed by atoms with Gasteiger partial charge in [0.15, 0.2) is 5.13 Å². The van der Waals surface area contributed by atoms with Crippen LogP contribution in [0.15, 0.2) is 29.1 Å². The Labute approximate surface area is 138 Å². The van der Waals surface area contributed by atoms with Crippen molar-refractivity contribution in [2.45, 2.75) is 13.0 Å². The molecule has 0 spiro atoms. The molecule has 22 heavy (non-hydrogen) atoms. The van der Waals surface area contributed by atoms with E-state index in [0.29, 0.717) is 6.54 Å². The average Bonchev–Trinajstić information content (AvgIpc) is 3.21. The number of carbonyl (C=O) groups is 1. The standard InChI is InChI=1S/C15H20N4OS2/c1-12(13-3-2-9-21-13)17-14(20)11-18-5-7-19(8-6-18)15-16-4-10-22-15/h2-4,9-10,12H,5-8,11H2,1H3,(H,17,20)/t12-/m0/s1. The fraction of sp³-hybridized carbons (Fsp3) is 0.467. The zero-order valence-electron chi connectivity index (χ0n) is 12.6. The van der Waals surface area contributed by atoms with E-state index >= 15 is 0 Å². The summed E-state index contributed by atoms with van der Waals surface area (Å²) in [5.74, 6) is 0.101. The van der Waals surface area contributed by atoms with E-state index in [-0.39, 0.29) is 11.9 Å². The predicted octanol–water partition coefficient (Wildman–Crippen LogP) is 2.20. The van der Waals surface area contributed by atoms with E-state index < -0.39 is 0 Å². The van der Waals surface area contributed by atoms with Crippen molar-refractivity contribution >= 4 is 33.7 Å². The fourth-order valence-electron chi connectivity index (χ4n) is 2.57. The Kier molecular flexibility index (Phi) is 5.07. The maximum atomic E-state index is 12.2. The lowest BCUT2D eigenvalue weighted by Crippen LogP contribution is -2.49. The van der Waals surface area contributed by atoms with Gasteiger partial charge in [-0.2, -0.15) is 0 Å². The quantitative estimate of drug-likeness (QED) is 0.909. The summed E-state index contributed by atoms with van der Waals surface area (Å²) in [4.78, 5) is 22.2. The van der Waals surface area contributed by atoms with Crippen LogP contribution < -0.4 is 10.2 Å². The summed E-state index contributed by atoms with van der Waals surface area (Å²) < 4.78 is 0. The number of hydrogen-bond donors (Lipinski definition) is 1. The van der Waals surface area contributed by atoms with Gasteiger partial charge >= 0.3 is 0 Å². The summed E-state index contributed by atoms with van der Waals surface area (Å²) in [6, 6.07) is 4.16. The molecule has 0 bridgehead atoms. The smallest absolute Gasteiger partial charge is 0.234 e. The third kappa shape index (κ3) is 3.85. The van der Waals surface area contributed by atoms with Gasteiger partial charge in [-0.3, -0.25) is 9.69 Å². The molecule has 0 saturated carbocycles. The molecule has 5 nitrogen and oxygen atoms in total. The minimum absolute atomic E-state index is 0.0871. The third-order valence-corrected chi connectivity index (χ3v) is 5.66. The summed E-state index contributed by atoms with van der Waals surface area (Å²) in [5.41, 5.74) is 0. The number of carbonyl (C=O) groups excluding carboxylic acids is 1. The Morgan fingerprint density at radius 3 is 2.77 bits per heavy atom. The number of anilines is 1. The first-order chi connectivity index (χ1) is 10.7. The zero-order valence-corrected chi connectivity index (χ0v) is 14.2. The number of nitrogens with one attached hydrogen (secondary N) is 1. The molecule has 2 aromatic heterocycles. The monoisotopic (exact) mass is 336 g/mol. The van der Waals surface area contributed by atoms with Gasteiger partial charge in [0.2, 0.25) is 5.91 Å². The fourth-order valence-corrected chi connectivity index (χ4v) is 4.00. The maximum absolute atomic E-state index is 12.2. The Hall–Kier alpha value is -1.44. The highest BCUT2D eigenvalue weighted by Crippen LogP contribution is 2.19. The zero-order chi connectivity index (χ0) is 15.4. The molecule has 118 valence electrons. The molecular formula is C15H20N4OS2. The number of hydrogen-bond acceptors (Lipinski definition) is 6. The molecule has 0 radical (unpaired) electrons. The highest BCUT2D eigenvalue weighted by Gasteiger charge is 2.21. The van der Waals surface area contributed by atoms with E-state index in [4.69, 9.17) is 0 Å². The predicted molar refractivity (Wildman–Crippen MR) is 91.6 cm³/mol. The molecule has 0 aliphatic carbocycles. The van der Waals surface area contributed by atoms with Crippen molar-refractivity contribution in [1.29, 1.82) is 0 Å². The second kappa shape index (κ2) is 7.21. The first-order valence-corrected chi connectivity index (χ1v) is 9.18. The topological polar surface area (TPSA) is 48.5 Å². The van der Waals surface area contributed by atoms with E-state index in [1.54, 1.807) is 22.7 Å². The first-order valence-electron chi connectivity index (χ1n) is 7.42. The van der Waals surface area contributed by atoms with Crippen LogP contribution in [0.1, 0.15) is 17.8 Å². The second-order valence-corrected chi connectivity index (χ2v) is 7.23. The lowest BCUT2D eigenvalue weighted by atomic mass is 10.2. The largest absolute Gasteiger partial charge is 0.348 e. The minimum Gasteiger partial charge on any atom is -0.348 e. The molecule has 1 aliphatic rings. The molecule has 1 fully saturated rings. The number of thiophene rings is 1. The van der Waals surface area contributed by atoms with Crippen LogP contribution in [0.3, 0.4) is 0 Å². The number of thiazole rings is 1. The lowest BCUT2D eigenvalue weighted by Gasteiger charge is -2.34. The molecule has 3 rings (SSSR count). The van der Waals surface area contributed by atoms with E-state index in [0.717, 1.165) is 31.3 Å². The van der Waals surface area contributed by atoms with Crippen molar-refractivity contribution < 1.29 is 4.79 Å². The van der Waals surface area contributed by atoms with Crippen LogP contribution in [-0.4, -0.2) is 48.5 Å². The number of piperazine rings is 1. The summed E-state index contributed by atoms with van der Waals surface area (Å²) >= 11 is 3.35. The van der Waals surface area contributed by atoms with Gasteiger partial charge in [0.25, 0.3) is 0 Å². The van der Waals surface area contributed by atoms with Crippen molar-refractivity contribution in [3.63, 3.8) is 0 Å². The first kappa shape index (κ1) is 15.5. The van der Waals surface area contributed by atoms with Crippen LogP contribution >= 0.6 is 22.7 Å². The van der Waals surface area contributed by atoms with E-state index in [1.165, 1.54) is 4.88 Å². The Balaban J connectivity index is 1.43. The Morgan fingerprint density at radius 1 is 1.32 bits per heavy atom. The van der Waals surface area contributed by atoms with E-state index in [1.807, 2.05) is 29.9 Å². The van der Waals surface area contributed by atoms with Crippen LogP contribution in [0.2, 0.25) is 0 Å². The average molecular weight is 336 g/mol.